The summed E-state index contributed by atoms with van der Waals surface area (Å²) in [5.74, 6) is 0.829. The Kier molecular flexibility index (Phi) is 5.33. The van der Waals surface area contributed by atoms with Gasteiger partial charge in [0.05, 0.1) is 5.75 Å². The summed E-state index contributed by atoms with van der Waals surface area (Å²) >= 11 is 0. The second-order valence-electron chi connectivity index (χ2n) is 6.60. The Morgan fingerprint density at radius 2 is 1.79 bits per heavy atom. The first-order valence-corrected chi connectivity index (χ1v) is 10.4. The molecule has 1 heterocycles. The number of hydrogen-bond acceptors (Lipinski definition) is 4. The van der Waals surface area contributed by atoms with Crippen molar-refractivity contribution in [2.75, 3.05) is 5.75 Å². The van der Waals surface area contributed by atoms with Crippen molar-refractivity contribution in [2.24, 2.45) is 0 Å². The van der Waals surface area contributed by atoms with Gasteiger partial charge >= 0.3 is 0 Å². The molecule has 0 aliphatic heterocycles. The molecule has 1 aromatic carbocycles. The van der Waals surface area contributed by atoms with Gasteiger partial charge in [0.2, 0.25) is 15.0 Å². The Bertz CT molecular complexity index is 763. The van der Waals surface area contributed by atoms with E-state index in [1.807, 2.05) is 41.8 Å². The van der Waals surface area contributed by atoms with Crippen LogP contribution in [0.5, 0.6) is 0 Å². The molecule has 1 aromatic heterocycles. The number of nitrogens with zero attached hydrogens (tertiary/aromatic N) is 3. The van der Waals surface area contributed by atoms with Crippen LogP contribution in [0.4, 0.5) is 0 Å². The van der Waals surface area contributed by atoms with Crippen molar-refractivity contribution in [3.8, 4) is 0 Å². The van der Waals surface area contributed by atoms with E-state index in [-0.39, 0.29) is 17.0 Å². The lowest BCUT2D eigenvalue weighted by Crippen LogP contribution is -2.21. The van der Waals surface area contributed by atoms with Crippen LogP contribution in [0.1, 0.15) is 56.0 Å². The highest BCUT2D eigenvalue weighted by Crippen LogP contribution is 2.31. The lowest BCUT2D eigenvalue weighted by molar-refractivity contribution is 0.329. The van der Waals surface area contributed by atoms with Gasteiger partial charge < -0.3 is 0 Å². The molecule has 1 aliphatic rings. The fourth-order valence-electron chi connectivity index (χ4n) is 3.52. The molecule has 0 amide bonds. The van der Waals surface area contributed by atoms with Crippen molar-refractivity contribution >= 4 is 9.84 Å². The third-order valence-corrected chi connectivity index (χ3v) is 6.44. The Hall–Kier alpha value is -1.69. The second-order valence-corrected chi connectivity index (χ2v) is 8.60. The molecule has 0 radical (unpaired) electrons. The highest BCUT2D eigenvalue weighted by atomic mass is 32.2. The van der Waals surface area contributed by atoms with Crippen LogP contribution >= 0.6 is 0 Å². The Balaban J connectivity index is 1.72. The summed E-state index contributed by atoms with van der Waals surface area (Å²) < 4.78 is 27.4. The number of sulfone groups is 1. The third kappa shape index (κ3) is 3.86. The van der Waals surface area contributed by atoms with Crippen LogP contribution in [0.25, 0.3) is 0 Å². The van der Waals surface area contributed by atoms with Crippen molar-refractivity contribution in [3.05, 3.63) is 41.7 Å². The summed E-state index contributed by atoms with van der Waals surface area (Å²) in [6, 6.07) is 10.2. The number of rotatable bonds is 6. The third-order valence-electron chi connectivity index (χ3n) is 4.77. The van der Waals surface area contributed by atoms with Crippen LogP contribution in [-0.2, 0) is 16.3 Å². The molecule has 1 fully saturated rings. The molecule has 0 spiro atoms. The van der Waals surface area contributed by atoms with E-state index < -0.39 is 9.84 Å². The maximum atomic E-state index is 12.8. The molecule has 3 rings (SSSR count). The average Bonchev–Trinajstić information content (AvgIpc) is 2.99. The van der Waals surface area contributed by atoms with Crippen molar-refractivity contribution in [2.45, 2.75) is 63.1 Å². The van der Waals surface area contributed by atoms with Gasteiger partial charge in [0.25, 0.3) is 0 Å². The highest BCUT2D eigenvalue weighted by Gasteiger charge is 2.28. The molecule has 6 heteroatoms. The number of hydrogen-bond donors (Lipinski definition) is 0. The lowest BCUT2D eigenvalue weighted by Gasteiger charge is -2.25. The van der Waals surface area contributed by atoms with Gasteiger partial charge in [0.1, 0.15) is 5.82 Å². The monoisotopic (exact) mass is 347 g/mol. The Morgan fingerprint density at radius 1 is 1.08 bits per heavy atom. The highest BCUT2D eigenvalue weighted by molar-refractivity contribution is 7.91. The van der Waals surface area contributed by atoms with Gasteiger partial charge in [-0.25, -0.2) is 8.42 Å². The van der Waals surface area contributed by atoms with Gasteiger partial charge in [-0.15, -0.1) is 10.2 Å². The molecule has 0 unspecified atom stereocenters. The van der Waals surface area contributed by atoms with Crippen LogP contribution in [-0.4, -0.2) is 28.9 Å². The fourth-order valence-corrected chi connectivity index (χ4v) is 4.98. The van der Waals surface area contributed by atoms with E-state index in [1.165, 1.54) is 6.42 Å². The van der Waals surface area contributed by atoms with E-state index in [0.717, 1.165) is 37.7 Å². The summed E-state index contributed by atoms with van der Waals surface area (Å²) in [5.41, 5.74) is 1.16. The molecule has 0 N–H and O–H groups in total. The van der Waals surface area contributed by atoms with E-state index >= 15 is 0 Å². The molecule has 0 bridgehead atoms. The normalized spacial score (nSPS) is 16.4. The number of benzene rings is 1. The topological polar surface area (TPSA) is 64.8 Å². The van der Waals surface area contributed by atoms with E-state index in [1.54, 1.807) is 0 Å². The first-order chi connectivity index (χ1) is 11.6. The molecule has 2 aromatic rings. The van der Waals surface area contributed by atoms with Crippen molar-refractivity contribution < 1.29 is 8.42 Å². The largest absolute Gasteiger partial charge is 0.299 e. The summed E-state index contributed by atoms with van der Waals surface area (Å²) in [4.78, 5) is 0. The Morgan fingerprint density at radius 3 is 2.50 bits per heavy atom. The average molecular weight is 347 g/mol. The van der Waals surface area contributed by atoms with Crippen LogP contribution in [0.3, 0.4) is 0 Å². The zero-order valence-corrected chi connectivity index (χ0v) is 15.0. The maximum absolute atomic E-state index is 12.8. The molecule has 0 atom stereocenters. The number of aromatic nitrogens is 3. The predicted octanol–water partition coefficient (Wildman–Crippen LogP) is 3.50. The van der Waals surface area contributed by atoms with Crippen molar-refractivity contribution in [1.29, 1.82) is 0 Å². The second kappa shape index (κ2) is 7.47. The first-order valence-electron chi connectivity index (χ1n) is 8.76. The molecule has 0 saturated heterocycles. The summed E-state index contributed by atoms with van der Waals surface area (Å²) in [7, 11) is -3.40. The Labute approximate surface area is 144 Å². The summed E-state index contributed by atoms with van der Waals surface area (Å²) in [6.45, 7) is 1.85. The van der Waals surface area contributed by atoms with Gasteiger partial charge in [-0.2, -0.15) is 0 Å². The van der Waals surface area contributed by atoms with E-state index in [2.05, 4.69) is 10.2 Å². The molecule has 1 aliphatic carbocycles. The van der Waals surface area contributed by atoms with Gasteiger partial charge in [-0.05, 0) is 38.2 Å². The maximum Gasteiger partial charge on any atom is 0.249 e. The molecule has 5 nitrogen and oxygen atoms in total. The van der Waals surface area contributed by atoms with Crippen molar-refractivity contribution in [1.82, 2.24) is 14.8 Å². The SMILES string of the molecule is Cc1nnc(S(=O)(=O)CCCc2ccccc2)n1C1CCCCC1. The quantitative estimate of drug-likeness (QED) is 0.802. The van der Waals surface area contributed by atoms with E-state index in [9.17, 15) is 8.42 Å². The molecule has 130 valence electrons. The van der Waals surface area contributed by atoms with Crippen LogP contribution in [0, 0.1) is 6.92 Å². The summed E-state index contributed by atoms with van der Waals surface area (Å²) in [5, 5.41) is 8.24. The molecular weight excluding hydrogens is 322 g/mol. The predicted molar refractivity (Wildman–Crippen MR) is 93.7 cm³/mol. The van der Waals surface area contributed by atoms with Gasteiger partial charge in [-0.1, -0.05) is 49.6 Å². The minimum absolute atomic E-state index is 0.118. The summed E-state index contributed by atoms with van der Waals surface area (Å²) in [6.07, 6.45) is 6.93. The fraction of sp³-hybridized carbons (Fsp3) is 0.556. The van der Waals surface area contributed by atoms with Crippen molar-refractivity contribution in [3.63, 3.8) is 0 Å². The molecular formula is C18H25N3O2S. The van der Waals surface area contributed by atoms with Gasteiger partial charge in [0.15, 0.2) is 0 Å². The zero-order chi connectivity index (χ0) is 17.0. The zero-order valence-electron chi connectivity index (χ0n) is 14.2. The first kappa shape index (κ1) is 17.1. The van der Waals surface area contributed by atoms with Crippen LogP contribution < -0.4 is 0 Å². The molecule has 1 saturated carbocycles. The van der Waals surface area contributed by atoms with Gasteiger partial charge in [0, 0.05) is 6.04 Å². The van der Waals surface area contributed by atoms with Crippen LogP contribution in [0.2, 0.25) is 0 Å². The van der Waals surface area contributed by atoms with Gasteiger partial charge in [-0.3, -0.25) is 4.57 Å². The minimum Gasteiger partial charge on any atom is -0.299 e. The van der Waals surface area contributed by atoms with E-state index in [4.69, 9.17) is 0 Å². The minimum atomic E-state index is -3.40. The lowest BCUT2D eigenvalue weighted by atomic mass is 9.95. The molecule has 24 heavy (non-hydrogen) atoms. The van der Waals surface area contributed by atoms with E-state index in [0.29, 0.717) is 12.2 Å². The van der Waals surface area contributed by atoms with Crippen LogP contribution in [0.15, 0.2) is 35.5 Å². The smallest absolute Gasteiger partial charge is 0.249 e. The standard InChI is InChI=1S/C18H25N3O2S/c1-15-19-20-18(21(15)17-12-6-3-7-13-17)24(22,23)14-8-11-16-9-4-2-5-10-16/h2,4-5,9-10,17H,3,6-8,11-14H2,1H3. The number of aryl methyl sites for hydroxylation is 2.